The topological polar surface area (TPSA) is 49.9 Å². The summed E-state index contributed by atoms with van der Waals surface area (Å²) < 4.78 is 19.3. The number of rotatable bonds is 8. The van der Waals surface area contributed by atoms with E-state index in [9.17, 15) is 14.0 Å². The number of anilines is 2. The maximum atomic E-state index is 14.7. The molecule has 1 aliphatic carbocycles. The van der Waals surface area contributed by atoms with Crippen molar-refractivity contribution in [2.75, 3.05) is 31.0 Å². The van der Waals surface area contributed by atoms with E-state index >= 15 is 0 Å². The molecule has 1 fully saturated rings. The molecule has 0 aliphatic heterocycles. The molecule has 0 radical (unpaired) electrons. The summed E-state index contributed by atoms with van der Waals surface area (Å²) in [5.41, 5.74) is 5.27. The number of amides is 1. The number of methoxy groups -OCH3 is 1. The van der Waals surface area contributed by atoms with Crippen LogP contribution in [0.25, 0.3) is 17.2 Å². The molecule has 3 aromatic rings. The summed E-state index contributed by atoms with van der Waals surface area (Å²) >= 11 is 0. The van der Waals surface area contributed by atoms with Crippen molar-refractivity contribution in [2.45, 2.75) is 38.6 Å². The number of carbonyl (C=O) groups is 2. The maximum Gasteiger partial charge on any atom is 0.330 e. The van der Waals surface area contributed by atoms with Crippen molar-refractivity contribution in [3.63, 3.8) is 0 Å². The first kappa shape index (κ1) is 27.1. The van der Waals surface area contributed by atoms with Crippen LogP contribution >= 0.6 is 0 Å². The van der Waals surface area contributed by atoms with E-state index in [1.807, 2.05) is 26.2 Å². The van der Waals surface area contributed by atoms with Crippen molar-refractivity contribution in [1.82, 2.24) is 0 Å². The molecule has 4 rings (SSSR count). The van der Waals surface area contributed by atoms with Gasteiger partial charge in [0.05, 0.1) is 13.7 Å². The van der Waals surface area contributed by atoms with Crippen LogP contribution in [0.3, 0.4) is 0 Å². The highest BCUT2D eigenvalue weighted by Crippen LogP contribution is 2.30. The lowest BCUT2D eigenvalue weighted by Crippen LogP contribution is -2.36. The van der Waals surface area contributed by atoms with Crippen molar-refractivity contribution < 1.29 is 18.7 Å². The second-order valence-corrected chi connectivity index (χ2v) is 10.00. The van der Waals surface area contributed by atoms with E-state index in [1.165, 1.54) is 31.4 Å². The van der Waals surface area contributed by atoms with Crippen LogP contribution in [0, 0.1) is 11.7 Å². The zero-order valence-corrected chi connectivity index (χ0v) is 22.3. The Balaban J connectivity index is 1.62. The average molecular weight is 515 g/mol. The Labute approximate surface area is 224 Å². The van der Waals surface area contributed by atoms with Crippen LogP contribution in [0.15, 0.2) is 72.8 Å². The fourth-order valence-electron chi connectivity index (χ4n) is 4.88. The number of ether oxygens (including phenoxy) is 1. The Morgan fingerprint density at radius 1 is 0.895 bits per heavy atom. The fourth-order valence-corrected chi connectivity index (χ4v) is 4.88. The van der Waals surface area contributed by atoms with Gasteiger partial charge < -0.3 is 14.5 Å². The van der Waals surface area contributed by atoms with Crippen LogP contribution in [0.4, 0.5) is 15.8 Å². The first-order chi connectivity index (χ1) is 18.3. The number of nitrogens with zero attached hydrogens (tertiary/aromatic N) is 2. The van der Waals surface area contributed by atoms with Crippen LogP contribution in [-0.2, 0) is 20.9 Å². The number of benzene rings is 3. The van der Waals surface area contributed by atoms with Gasteiger partial charge >= 0.3 is 5.97 Å². The molecule has 5 nitrogen and oxygen atoms in total. The summed E-state index contributed by atoms with van der Waals surface area (Å²) in [6.07, 6.45) is 7.64. The lowest BCUT2D eigenvalue weighted by molar-refractivity contribution is -0.134. The highest BCUT2D eigenvalue weighted by molar-refractivity contribution is 5.95. The summed E-state index contributed by atoms with van der Waals surface area (Å²) in [5.74, 6) is -1.05. The molecule has 1 saturated carbocycles. The third-order valence-electron chi connectivity index (χ3n) is 7.06. The minimum atomic E-state index is -0.526. The molecule has 1 aliphatic rings. The Kier molecular flexibility index (Phi) is 8.95. The number of carbonyl (C=O) groups excluding carboxylic acids is 2. The molecule has 0 spiro atoms. The van der Waals surface area contributed by atoms with Gasteiger partial charge in [0.1, 0.15) is 5.82 Å². The second kappa shape index (κ2) is 12.5. The van der Waals surface area contributed by atoms with Gasteiger partial charge in [0, 0.05) is 37.5 Å². The van der Waals surface area contributed by atoms with Gasteiger partial charge in [-0.2, -0.15) is 0 Å². The second-order valence-electron chi connectivity index (χ2n) is 10.00. The quantitative estimate of drug-likeness (QED) is 0.243. The largest absolute Gasteiger partial charge is 0.466 e. The fraction of sp³-hybridized carbons (Fsp3) is 0.312. The van der Waals surface area contributed by atoms with Gasteiger partial charge in [-0.3, -0.25) is 4.79 Å². The lowest BCUT2D eigenvalue weighted by Gasteiger charge is -2.30. The first-order valence-corrected chi connectivity index (χ1v) is 13.1. The third kappa shape index (κ3) is 6.88. The number of halogens is 1. The van der Waals surface area contributed by atoms with E-state index in [0.29, 0.717) is 17.8 Å². The molecule has 0 heterocycles. The van der Waals surface area contributed by atoms with E-state index in [4.69, 9.17) is 0 Å². The number of hydrogen-bond donors (Lipinski definition) is 0. The van der Waals surface area contributed by atoms with Gasteiger partial charge in [-0.05, 0) is 71.5 Å². The van der Waals surface area contributed by atoms with E-state index in [2.05, 4.69) is 46.0 Å². The molecule has 1 amide bonds. The molecule has 198 valence electrons. The lowest BCUT2D eigenvalue weighted by atomic mass is 9.88. The molecule has 0 saturated heterocycles. The Morgan fingerprint density at radius 2 is 1.53 bits per heavy atom. The number of hydrogen-bond acceptors (Lipinski definition) is 4. The molecule has 0 N–H and O–H groups in total. The van der Waals surface area contributed by atoms with Gasteiger partial charge in [-0.1, -0.05) is 55.7 Å². The van der Waals surface area contributed by atoms with Crippen molar-refractivity contribution in [2.24, 2.45) is 5.92 Å². The van der Waals surface area contributed by atoms with E-state index in [-0.39, 0.29) is 11.8 Å². The van der Waals surface area contributed by atoms with Crippen LogP contribution in [0.1, 0.15) is 43.2 Å². The molecule has 0 aromatic heterocycles. The molecule has 0 bridgehead atoms. The maximum absolute atomic E-state index is 14.7. The van der Waals surface area contributed by atoms with E-state index in [0.717, 1.165) is 54.5 Å². The Bertz CT molecular complexity index is 1280. The minimum absolute atomic E-state index is 0.0153. The predicted octanol–water partition coefficient (Wildman–Crippen LogP) is 6.86. The first-order valence-electron chi connectivity index (χ1n) is 13.1. The summed E-state index contributed by atoms with van der Waals surface area (Å²) in [7, 11) is 5.32. The zero-order valence-electron chi connectivity index (χ0n) is 22.3. The van der Waals surface area contributed by atoms with Crippen LogP contribution in [0.2, 0.25) is 0 Å². The smallest absolute Gasteiger partial charge is 0.330 e. The summed E-state index contributed by atoms with van der Waals surface area (Å²) in [6.45, 7) is 0.332. The van der Waals surface area contributed by atoms with Crippen molar-refractivity contribution in [3.8, 4) is 11.1 Å². The van der Waals surface area contributed by atoms with Gasteiger partial charge in [0.25, 0.3) is 0 Å². The third-order valence-corrected chi connectivity index (χ3v) is 7.06. The van der Waals surface area contributed by atoms with Crippen LogP contribution in [-0.4, -0.2) is 33.1 Å². The molecular formula is C32H35FN2O3. The monoisotopic (exact) mass is 514 g/mol. The summed E-state index contributed by atoms with van der Waals surface area (Å²) in [5, 5.41) is 0. The Morgan fingerprint density at radius 3 is 2.13 bits per heavy atom. The van der Waals surface area contributed by atoms with Gasteiger partial charge in [-0.25, -0.2) is 9.18 Å². The molecule has 0 atom stereocenters. The molecule has 38 heavy (non-hydrogen) atoms. The van der Waals surface area contributed by atoms with E-state index in [1.54, 1.807) is 11.0 Å². The highest BCUT2D eigenvalue weighted by atomic mass is 19.1. The molecule has 0 unspecified atom stereocenters. The van der Waals surface area contributed by atoms with Crippen LogP contribution < -0.4 is 9.80 Å². The summed E-state index contributed by atoms with van der Waals surface area (Å²) in [4.78, 5) is 29.0. The molecule has 3 aromatic carbocycles. The highest BCUT2D eigenvalue weighted by Gasteiger charge is 2.27. The predicted molar refractivity (Wildman–Crippen MR) is 151 cm³/mol. The van der Waals surface area contributed by atoms with Crippen molar-refractivity contribution in [3.05, 3.63) is 89.8 Å². The molecule has 6 heteroatoms. The van der Waals surface area contributed by atoms with Crippen LogP contribution in [0.5, 0.6) is 0 Å². The van der Waals surface area contributed by atoms with Gasteiger partial charge in [0.15, 0.2) is 0 Å². The van der Waals surface area contributed by atoms with Crippen molar-refractivity contribution >= 4 is 29.3 Å². The normalized spacial score (nSPS) is 13.9. The zero-order chi connectivity index (χ0) is 27.1. The molecular weight excluding hydrogens is 479 g/mol. The SMILES string of the molecule is COC(=O)/C=C/c1cc(F)cc(N(Cc2ccc(-c3ccc(N(C)C)cc3)cc2)C(=O)C2CCCCC2)c1. The average Bonchev–Trinajstić information content (AvgIpc) is 2.94. The van der Waals surface area contributed by atoms with Crippen molar-refractivity contribution in [1.29, 1.82) is 0 Å². The van der Waals surface area contributed by atoms with E-state index < -0.39 is 11.8 Å². The standard InChI is InChI=1S/C32H35FN2O3/c1-34(2)29-16-14-26(15-17-29)25-12-9-23(10-13-25)22-35(32(37)27-7-5-4-6-8-27)30-20-24(19-28(33)21-30)11-18-31(36)38-3/h9-21,27H,4-8,22H2,1-3H3/b18-11+. The Hall–Kier alpha value is -3.93. The van der Waals surface area contributed by atoms with Gasteiger partial charge in [-0.15, -0.1) is 0 Å². The van der Waals surface area contributed by atoms with Gasteiger partial charge in [0.2, 0.25) is 5.91 Å². The minimum Gasteiger partial charge on any atom is -0.466 e. The summed E-state index contributed by atoms with van der Waals surface area (Å²) in [6, 6.07) is 21.0. The number of esters is 1.